The number of rotatable bonds is 3. The second kappa shape index (κ2) is 5.94. The van der Waals surface area contributed by atoms with Crippen molar-refractivity contribution in [3.05, 3.63) is 24.3 Å². The predicted molar refractivity (Wildman–Crippen MR) is 72.7 cm³/mol. The lowest BCUT2D eigenvalue weighted by atomic mass is 9.80. The van der Waals surface area contributed by atoms with Gasteiger partial charge in [0.1, 0.15) is 5.75 Å². The summed E-state index contributed by atoms with van der Waals surface area (Å²) in [6, 6.07) is 6.33. The summed E-state index contributed by atoms with van der Waals surface area (Å²) in [5.41, 5.74) is 0.839. The van der Waals surface area contributed by atoms with Gasteiger partial charge in [0.05, 0.1) is 0 Å². The number of nitrogens with one attached hydrogen (secondary N) is 1. The zero-order valence-electron chi connectivity index (χ0n) is 11.7. The molecule has 1 saturated carbocycles. The molecule has 0 saturated heterocycles. The second-order valence-electron chi connectivity index (χ2n) is 5.72. The fourth-order valence-electron chi connectivity index (χ4n) is 2.85. The summed E-state index contributed by atoms with van der Waals surface area (Å²) in [6.07, 6.45) is -1.16. The molecule has 2 nitrogen and oxygen atoms in total. The minimum atomic E-state index is -4.64. The minimum absolute atomic E-state index is 0.187. The Morgan fingerprint density at radius 1 is 1.10 bits per heavy atom. The largest absolute Gasteiger partial charge is 0.573 e. The first kappa shape index (κ1) is 15.0. The lowest BCUT2D eigenvalue weighted by Gasteiger charge is -2.33. The van der Waals surface area contributed by atoms with Crippen LogP contribution < -0.4 is 10.1 Å². The summed E-state index contributed by atoms with van der Waals surface area (Å²) in [5, 5.41) is 3.40. The number of hydrogen-bond acceptors (Lipinski definition) is 2. The van der Waals surface area contributed by atoms with Gasteiger partial charge in [0.2, 0.25) is 0 Å². The van der Waals surface area contributed by atoms with E-state index in [0.29, 0.717) is 12.0 Å². The van der Waals surface area contributed by atoms with Gasteiger partial charge in [0.25, 0.3) is 0 Å². The van der Waals surface area contributed by atoms with E-state index in [4.69, 9.17) is 0 Å². The Morgan fingerprint density at radius 3 is 2.30 bits per heavy atom. The third-order valence-corrected chi connectivity index (χ3v) is 3.87. The van der Waals surface area contributed by atoms with Crippen LogP contribution in [0.1, 0.15) is 33.1 Å². The average molecular weight is 287 g/mol. The van der Waals surface area contributed by atoms with E-state index >= 15 is 0 Å². The van der Waals surface area contributed by atoms with Crippen LogP contribution in [0.5, 0.6) is 5.75 Å². The number of benzene rings is 1. The Kier molecular flexibility index (Phi) is 4.45. The van der Waals surface area contributed by atoms with Gasteiger partial charge >= 0.3 is 6.36 Å². The zero-order chi connectivity index (χ0) is 14.8. The van der Waals surface area contributed by atoms with Crippen molar-refractivity contribution in [2.24, 2.45) is 11.8 Å². The maximum Gasteiger partial charge on any atom is 0.573 e. The molecule has 0 radical (unpaired) electrons. The van der Waals surface area contributed by atoms with E-state index in [9.17, 15) is 13.2 Å². The summed E-state index contributed by atoms with van der Waals surface area (Å²) in [4.78, 5) is 0. The third kappa shape index (κ3) is 4.32. The van der Waals surface area contributed by atoms with E-state index in [1.165, 1.54) is 25.0 Å². The van der Waals surface area contributed by atoms with Crippen LogP contribution in [0, 0.1) is 11.8 Å². The Labute approximate surface area is 117 Å². The number of anilines is 1. The van der Waals surface area contributed by atoms with Gasteiger partial charge in [-0.3, -0.25) is 0 Å². The average Bonchev–Trinajstić information content (AvgIpc) is 2.33. The third-order valence-electron chi connectivity index (χ3n) is 3.87. The smallest absolute Gasteiger partial charge is 0.406 e. The standard InChI is InChI=1S/C15H20F3NO/c1-10-3-8-14(11(2)9-10)19-12-4-6-13(7-5-12)20-15(16,17)18/h4-7,10-11,14,19H,3,8-9H2,1-2H3. The van der Waals surface area contributed by atoms with Crippen molar-refractivity contribution in [1.29, 1.82) is 0 Å². The van der Waals surface area contributed by atoms with E-state index in [2.05, 4.69) is 23.9 Å². The van der Waals surface area contributed by atoms with Gasteiger partial charge in [0.15, 0.2) is 0 Å². The van der Waals surface area contributed by atoms with Crippen LogP contribution in [0.15, 0.2) is 24.3 Å². The fourth-order valence-corrected chi connectivity index (χ4v) is 2.85. The molecule has 0 spiro atoms. The van der Waals surface area contributed by atoms with Crippen molar-refractivity contribution in [1.82, 2.24) is 0 Å². The molecule has 1 aromatic carbocycles. The van der Waals surface area contributed by atoms with Crippen LogP contribution in [0.25, 0.3) is 0 Å². The quantitative estimate of drug-likeness (QED) is 0.860. The molecular weight excluding hydrogens is 267 g/mol. The van der Waals surface area contributed by atoms with Crippen LogP contribution in [-0.2, 0) is 0 Å². The van der Waals surface area contributed by atoms with Crippen LogP contribution in [-0.4, -0.2) is 12.4 Å². The topological polar surface area (TPSA) is 21.3 Å². The lowest BCUT2D eigenvalue weighted by molar-refractivity contribution is -0.274. The predicted octanol–water partition coefficient (Wildman–Crippen LogP) is 4.82. The first-order chi connectivity index (χ1) is 9.33. The number of halogens is 3. The molecule has 20 heavy (non-hydrogen) atoms. The van der Waals surface area contributed by atoms with Crippen molar-refractivity contribution in [3.8, 4) is 5.75 Å². The Morgan fingerprint density at radius 2 is 1.75 bits per heavy atom. The van der Waals surface area contributed by atoms with Gasteiger partial charge in [-0.15, -0.1) is 13.2 Å². The van der Waals surface area contributed by atoms with Gasteiger partial charge in [-0.25, -0.2) is 0 Å². The molecule has 1 fully saturated rings. The first-order valence-electron chi connectivity index (χ1n) is 6.96. The van der Waals surface area contributed by atoms with E-state index in [1.54, 1.807) is 12.1 Å². The van der Waals surface area contributed by atoms with Crippen molar-refractivity contribution in [2.75, 3.05) is 5.32 Å². The summed E-state index contributed by atoms with van der Waals surface area (Å²) >= 11 is 0. The highest BCUT2D eigenvalue weighted by Crippen LogP contribution is 2.31. The molecule has 1 aromatic rings. The molecular formula is C15H20F3NO. The van der Waals surface area contributed by atoms with Crippen LogP contribution >= 0.6 is 0 Å². The highest BCUT2D eigenvalue weighted by molar-refractivity contribution is 5.47. The summed E-state index contributed by atoms with van der Waals surface area (Å²) < 4.78 is 40.0. The van der Waals surface area contributed by atoms with Gasteiger partial charge in [-0.2, -0.15) is 0 Å². The van der Waals surface area contributed by atoms with Crippen molar-refractivity contribution >= 4 is 5.69 Å². The monoisotopic (exact) mass is 287 g/mol. The molecule has 1 aliphatic rings. The first-order valence-corrected chi connectivity index (χ1v) is 6.96. The summed E-state index contributed by atoms with van der Waals surface area (Å²) in [6.45, 7) is 4.48. The molecule has 3 atom stereocenters. The highest BCUT2D eigenvalue weighted by atomic mass is 19.4. The number of ether oxygens (including phenoxy) is 1. The molecule has 0 aromatic heterocycles. The number of alkyl halides is 3. The van der Waals surface area contributed by atoms with Crippen LogP contribution in [0.2, 0.25) is 0 Å². The van der Waals surface area contributed by atoms with E-state index < -0.39 is 6.36 Å². The van der Waals surface area contributed by atoms with E-state index in [0.717, 1.165) is 18.0 Å². The molecule has 2 rings (SSSR count). The van der Waals surface area contributed by atoms with E-state index in [-0.39, 0.29) is 5.75 Å². The lowest BCUT2D eigenvalue weighted by Crippen LogP contribution is -2.32. The van der Waals surface area contributed by atoms with Crippen LogP contribution in [0.4, 0.5) is 18.9 Å². The Bertz CT molecular complexity index is 430. The molecule has 5 heteroatoms. The second-order valence-corrected chi connectivity index (χ2v) is 5.72. The maximum absolute atomic E-state index is 12.1. The highest BCUT2D eigenvalue weighted by Gasteiger charge is 2.31. The molecule has 0 bridgehead atoms. The van der Waals surface area contributed by atoms with Crippen molar-refractivity contribution in [3.63, 3.8) is 0 Å². The maximum atomic E-state index is 12.1. The summed E-state index contributed by atoms with van der Waals surface area (Å²) in [5.74, 6) is 1.14. The molecule has 112 valence electrons. The molecule has 3 unspecified atom stereocenters. The molecule has 0 aliphatic heterocycles. The van der Waals surface area contributed by atoms with Crippen molar-refractivity contribution < 1.29 is 17.9 Å². The summed E-state index contributed by atoms with van der Waals surface area (Å²) in [7, 11) is 0. The van der Waals surface area contributed by atoms with Gasteiger partial charge in [-0.05, 0) is 55.4 Å². The van der Waals surface area contributed by atoms with Gasteiger partial charge in [-0.1, -0.05) is 13.8 Å². The molecule has 0 amide bonds. The normalized spacial score (nSPS) is 27.1. The SMILES string of the molecule is CC1CCC(Nc2ccc(OC(F)(F)F)cc2)C(C)C1. The van der Waals surface area contributed by atoms with E-state index in [1.807, 2.05) is 0 Å². The van der Waals surface area contributed by atoms with Gasteiger partial charge < -0.3 is 10.1 Å². The molecule has 0 heterocycles. The Balaban J connectivity index is 1.94. The fraction of sp³-hybridized carbons (Fsp3) is 0.600. The van der Waals surface area contributed by atoms with Crippen LogP contribution in [0.3, 0.4) is 0 Å². The van der Waals surface area contributed by atoms with Crippen molar-refractivity contribution in [2.45, 2.75) is 45.5 Å². The zero-order valence-corrected chi connectivity index (χ0v) is 11.7. The van der Waals surface area contributed by atoms with Gasteiger partial charge in [0, 0.05) is 11.7 Å². The molecule has 1 aliphatic carbocycles. The molecule has 1 N–H and O–H groups in total. The number of hydrogen-bond donors (Lipinski definition) is 1. The minimum Gasteiger partial charge on any atom is -0.406 e. The Hall–Kier alpha value is -1.39.